The van der Waals surface area contributed by atoms with Gasteiger partial charge in [-0.05, 0) is 26.0 Å². The number of halogens is 2. The molecule has 0 unspecified atom stereocenters. The zero-order valence-corrected chi connectivity index (χ0v) is 13.7. The fraction of sp³-hybridized carbons (Fsp3) is 0.294. The van der Waals surface area contributed by atoms with Gasteiger partial charge < -0.3 is 10.1 Å². The van der Waals surface area contributed by atoms with Crippen molar-refractivity contribution < 1.29 is 18.3 Å². The van der Waals surface area contributed by atoms with Crippen molar-refractivity contribution in [3.05, 3.63) is 52.9 Å². The Morgan fingerprint density at radius 1 is 1.38 bits per heavy atom. The topological polar surface area (TPSA) is 56.2 Å². The highest BCUT2D eigenvalue weighted by molar-refractivity contribution is 5.92. The van der Waals surface area contributed by atoms with Gasteiger partial charge in [-0.3, -0.25) is 9.48 Å². The molecule has 5 nitrogen and oxygen atoms in total. The summed E-state index contributed by atoms with van der Waals surface area (Å²) in [5.74, 6) is -0.278. The predicted octanol–water partition coefficient (Wildman–Crippen LogP) is 2.97. The standard InChI is InChI=1S/C17H19F2N3O2/c1-11-14(12(2)22(3)21-11)8-9-16(23)20-10-13-6-4-5-7-15(13)24-17(18)19/h4-9,17H,10H2,1-3H3,(H,20,23)/b9-8+. The average molecular weight is 335 g/mol. The highest BCUT2D eigenvalue weighted by Gasteiger charge is 2.10. The van der Waals surface area contributed by atoms with Gasteiger partial charge in [0, 0.05) is 36.5 Å². The molecule has 0 saturated heterocycles. The van der Waals surface area contributed by atoms with Crippen LogP contribution in [0.2, 0.25) is 0 Å². The largest absolute Gasteiger partial charge is 0.434 e. The number of amides is 1. The Bertz CT molecular complexity index is 754. The Labute approximate surface area is 138 Å². The second-order valence-electron chi connectivity index (χ2n) is 5.25. The number of rotatable bonds is 6. The van der Waals surface area contributed by atoms with Crippen LogP contribution in [0.25, 0.3) is 6.08 Å². The number of nitrogens with one attached hydrogen (secondary N) is 1. The van der Waals surface area contributed by atoms with E-state index in [0.717, 1.165) is 17.0 Å². The number of ether oxygens (including phenoxy) is 1. The van der Waals surface area contributed by atoms with Crippen LogP contribution in [0.3, 0.4) is 0 Å². The minimum Gasteiger partial charge on any atom is -0.434 e. The zero-order valence-electron chi connectivity index (χ0n) is 13.7. The smallest absolute Gasteiger partial charge is 0.387 e. The SMILES string of the molecule is Cc1nn(C)c(C)c1/C=C/C(=O)NCc1ccccc1OC(F)F. The van der Waals surface area contributed by atoms with Crippen LogP contribution in [0, 0.1) is 13.8 Å². The Kier molecular flexibility index (Phi) is 5.68. The Hall–Kier alpha value is -2.70. The predicted molar refractivity (Wildman–Crippen MR) is 86.6 cm³/mol. The first-order chi connectivity index (χ1) is 11.4. The van der Waals surface area contributed by atoms with Crippen molar-refractivity contribution in [1.82, 2.24) is 15.1 Å². The van der Waals surface area contributed by atoms with Gasteiger partial charge in [0.2, 0.25) is 5.91 Å². The third kappa shape index (κ3) is 4.41. The number of carbonyl (C=O) groups excluding carboxylic acids is 1. The summed E-state index contributed by atoms with van der Waals surface area (Å²) >= 11 is 0. The third-order valence-corrected chi connectivity index (χ3v) is 3.61. The first-order valence-electron chi connectivity index (χ1n) is 7.37. The first-order valence-corrected chi connectivity index (χ1v) is 7.37. The van der Waals surface area contributed by atoms with Gasteiger partial charge in [0.1, 0.15) is 5.75 Å². The molecule has 0 fully saturated rings. The van der Waals surface area contributed by atoms with E-state index in [1.54, 1.807) is 29.0 Å². The molecule has 0 radical (unpaired) electrons. The maximum absolute atomic E-state index is 12.4. The lowest BCUT2D eigenvalue weighted by molar-refractivity contribution is -0.116. The molecule has 128 valence electrons. The molecule has 0 atom stereocenters. The maximum atomic E-state index is 12.4. The summed E-state index contributed by atoms with van der Waals surface area (Å²) in [5, 5.41) is 6.92. The van der Waals surface area contributed by atoms with Gasteiger partial charge in [0.05, 0.1) is 5.69 Å². The summed E-state index contributed by atoms with van der Waals surface area (Å²) < 4.78 is 30.9. The summed E-state index contributed by atoms with van der Waals surface area (Å²) in [7, 11) is 1.83. The number of nitrogens with zero attached hydrogens (tertiary/aromatic N) is 2. The normalized spacial score (nSPS) is 11.2. The molecule has 0 spiro atoms. The summed E-state index contributed by atoms with van der Waals surface area (Å²) in [4.78, 5) is 11.9. The van der Waals surface area contributed by atoms with Crippen molar-refractivity contribution in [2.75, 3.05) is 0 Å². The molecule has 2 aromatic rings. The highest BCUT2D eigenvalue weighted by atomic mass is 19.3. The van der Waals surface area contributed by atoms with E-state index in [1.807, 2.05) is 20.9 Å². The van der Waals surface area contributed by atoms with E-state index in [9.17, 15) is 13.6 Å². The molecule has 0 aliphatic rings. The summed E-state index contributed by atoms with van der Waals surface area (Å²) in [6.07, 6.45) is 3.09. The number of alkyl halides is 2. The monoisotopic (exact) mass is 335 g/mol. The van der Waals surface area contributed by atoms with Crippen molar-refractivity contribution in [2.45, 2.75) is 27.0 Å². The van der Waals surface area contributed by atoms with Gasteiger partial charge in [-0.15, -0.1) is 0 Å². The Morgan fingerprint density at radius 2 is 2.08 bits per heavy atom. The van der Waals surface area contributed by atoms with E-state index >= 15 is 0 Å². The van der Waals surface area contributed by atoms with Gasteiger partial charge in [-0.25, -0.2) is 0 Å². The lowest BCUT2D eigenvalue weighted by Crippen LogP contribution is -2.21. The van der Waals surface area contributed by atoms with Crippen molar-refractivity contribution >= 4 is 12.0 Å². The molecule has 7 heteroatoms. The van der Waals surface area contributed by atoms with Crippen LogP contribution >= 0.6 is 0 Å². The van der Waals surface area contributed by atoms with Crippen molar-refractivity contribution in [1.29, 1.82) is 0 Å². The summed E-state index contributed by atoms with van der Waals surface area (Å²) in [6.45, 7) is 0.966. The molecule has 0 aliphatic carbocycles. The molecular formula is C17H19F2N3O2. The minimum atomic E-state index is -2.90. The van der Waals surface area contributed by atoms with Crippen LogP contribution in [0.1, 0.15) is 22.5 Å². The highest BCUT2D eigenvalue weighted by Crippen LogP contribution is 2.20. The lowest BCUT2D eigenvalue weighted by Gasteiger charge is -2.10. The van der Waals surface area contributed by atoms with E-state index in [1.165, 1.54) is 12.1 Å². The molecule has 2 rings (SSSR count). The van der Waals surface area contributed by atoms with Crippen LogP contribution < -0.4 is 10.1 Å². The summed E-state index contributed by atoms with van der Waals surface area (Å²) in [5.41, 5.74) is 3.14. The number of hydrogen-bond acceptors (Lipinski definition) is 3. The number of aromatic nitrogens is 2. The zero-order chi connectivity index (χ0) is 17.7. The quantitative estimate of drug-likeness (QED) is 0.826. The Morgan fingerprint density at radius 3 is 2.71 bits per heavy atom. The molecule has 1 amide bonds. The van der Waals surface area contributed by atoms with E-state index in [2.05, 4.69) is 15.2 Å². The minimum absolute atomic E-state index is 0.0516. The molecule has 1 N–H and O–H groups in total. The van der Waals surface area contributed by atoms with Gasteiger partial charge in [0.25, 0.3) is 0 Å². The molecular weight excluding hydrogens is 316 g/mol. The van der Waals surface area contributed by atoms with Crippen LogP contribution in [-0.2, 0) is 18.4 Å². The number of carbonyl (C=O) groups is 1. The number of para-hydroxylation sites is 1. The molecule has 24 heavy (non-hydrogen) atoms. The molecule has 1 aromatic heterocycles. The maximum Gasteiger partial charge on any atom is 0.387 e. The fourth-order valence-corrected chi connectivity index (χ4v) is 2.29. The molecule has 0 saturated carbocycles. The number of benzene rings is 1. The molecule has 0 bridgehead atoms. The van der Waals surface area contributed by atoms with Crippen LogP contribution in [0.5, 0.6) is 5.75 Å². The Balaban J connectivity index is 2.00. The van der Waals surface area contributed by atoms with Crippen LogP contribution in [0.15, 0.2) is 30.3 Å². The number of aryl methyl sites for hydroxylation is 2. The summed E-state index contributed by atoms with van der Waals surface area (Å²) in [6, 6.07) is 6.35. The van der Waals surface area contributed by atoms with Gasteiger partial charge in [0.15, 0.2) is 0 Å². The van der Waals surface area contributed by atoms with E-state index in [-0.39, 0.29) is 18.2 Å². The first kappa shape index (κ1) is 17.7. The van der Waals surface area contributed by atoms with Crippen LogP contribution in [0.4, 0.5) is 8.78 Å². The van der Waals surface area contributed by atoms with Crippen molar-refractivity contribution in [3.63, 3.8) is 0 Å². The van der Waals surface area contributed by atoms with Crippen molar-refractivity contribution in [2.24, 2.45) is 7.05 Å². The lowest BCUT2D eigenvalue weighted by atomic mass is 10.2. The van der Waals surface area contributed by atoms with Gasteiger partial charge >= 0.3 is 6.61 Å². The van der Waals surface area contributed by atoms with E-state index < -0.39 is 6.61 Å². The average Bonchev–Trinajstić information content (AvgIpc) is 2.76. The second kappa shape index (κ2) is 7.72. The van der Waals surface area contributed by atoms with Gasteiger partial charge in [-0.1, -0.05) is 18.2 Å². The third-order valence-electron chi connectivity index (χ3n) is 3.61. The number of hydrogen-bond donors (Lipinski definition) is 1. The molecule has 1 aromatic carbocycles. The van der Waals surface area contributed by atoms with Gasteiger partial charge in [-0.2, -0.15) is 13.9 Å². The van der Waals surface area contributed by atoms with E-state index in [4.69, 9.17) is 0 Å². The van der Waals surface area contributed by atoms with E-state index in [0.29, 0.717) is 5.56 Å². The molecule has 0 aliphatic heterocycles. The second-order valence-corrected chi connectivity index (χ2v) is 5.25. The molecule has 1 heterocycles. The fourth-order valence-electron chi connectivity index (χ4n) is 2.29. The van der Waals surface area contributed by atoms with Crippen LogP contribution in [-0.4, -0.2) is 22.3 Å². The van der Waals surface area contributed by atoms with Crippen molar-refractivity contribution in [3.8, 4) is 5.75 Å².